The number of hydrogen-bond donors (Lipinski definition) is 3. The molecule has 2 atom stereocenters. The predicted octanol–water partition coefficient (Wildman–Crippen LogP) is -0.00300. The molecule has 0 spiro atoms. The molecule has 0 unspecified atom stereocenters. The maximum atomic E-state index is 12.0. The molecule has 100 valence electrons. The highest BCUT2D eigenvalue weighted by Crippen LogP contribution is 2.10. The lowest BCUT2D eigenvalue weighted by Gasteiger charge is -2.32. The SMILES string of the molecule is CCC(N)(CC)CNC(=O)[C@H]1NCCO[C@@H]1C. The number of carbonyl (C=O) groups excluding carboxylic acids is 1. The Labute approximate surface area is 103 Å². The molecule has 5 nitrogen and oxygen atoms in total. The Balaban J connectivity index is 2.43. The molecule has 0 saturated carbocycles. The molecule has 0 aromatic heterocycles. The van der Waals surface area contributed by atoms with Gasteiger partial charge < -0.3 is 21.1 Å². The predicted molar refractivity (Wildman–Crippen MR) is 67.7 cm³/mol. The zero-order valence-electron chi connectivity index (χ0n) is 11.1. The second kappa shape index (κ2) is 6.33. The van der Waals surface area contributed by atoms with Crippen molar-refractivity contribution in [3.05, 3.63) is 0 Å². The molecule has 1 fully saturated rings. The van der Waals surface area contributed by atoms with Gasteiger partial charge in [-0.25, -0.2) is 0 Å². The highest BCUT2D eigenvalue weighted by Gasteiger charge is 2.29. The summed E-state index contributed by atoms with van der Waals surface area (Å²) in [5.41, 5.74) is 5.85. The van der Waals surface area contributed by atoms with Crippen molar-refractivity contribution < 1.29 is 9.53 Å². The number of carbonyl (C=O) groups is 1. The zero-order valence-corrected chi connectivity index (χ0v) is 11.1. The topological polar surface area (TPSA) is 76.4 Å². The number of ether oxygens (including phenoxy) is 1. The van der Waals surface area contributed by atoms with E-state index in [1.807, 2.05) is 20.8 Å². The van der Waals surface area contributed by atoms with Crippen LogP contribution in [0.5, 0.6) is 0 Å². The first-order valence-corrected chi connectivity index (χ1v) is 6.44. The van der Waals surface area contributed by atoms with Crippen LogP contribution >= 0.6 is 0 Å². The molecule has 5 heteroatoms. The van der Waals surface area contributed by atoms with Crippen LogP contribution in [0.3, 0.4) is 0 Å². The summed E-state index contributed by atoms with van der Waals surface area (Å²) in [6, 6.07) is -0.262. The molecule has 0 bridgehead atoms. The van der Waals surface area contributed by atoms with Gasteiger partial charge in [-0.3, -0.25) is 4.79 Å². The largest absolute Gasteiger partial charge is 0.375 e. The van der Waals surface area contributed by atoms with Crippen molar-refractivity contribution in [2.45, 2.75) is 51.3 Å². The van der Waals surface area contributed by atoms with Gasteiger partial charge >= 0.3 is 0 Å². The minimum absolute atomic E-state index is 0.0195. The van der Waals surface area contributed by atoms with E-state index >= 15 is 0 Å². The van der Waals surface area contributed by atoms with E-state index in [-0.39, 0.29) is 23.6 Å². The molecule has 0 aromatic carbocycles. The van der Waals surface area contributed by atoms with E-state index in [1.54, 1.807) is 0 Å². The van der Waals surface area contributed by atoms with E-state index in [2.05, 4.69) is 10.6 Å². The summed E-state index contributed by atoms with van der Waals surface area (Å²) >= 11 is 0. The maximum absolute atomic E-state index is 12.0. The van der Waals surface area contributed by atoms with Gasteiger partial charge in [0.25, 0.3) is 0 Å². The Morgan fingerprint density at radius 2 is 2.18 bits per heavy atom. The molecule has 0 aromatic rings. The molecule has 1 rings (SSSR count). The van der Waals surface area contributed by atoms with Gasteiger partial charge in [-0.2, -0.15) is 0 Å². The van der Waals surface area contributed by atoms with Crippen molar-refractivity contribution in [2.75, 3.05) is 19.7 Å². The highest BCUT2D eigenvalue weighted by atomic mass is 16.5. The van der Waals surface area contributed by atoms with Gasteiger partial charge in [-0.1, -0.05) is 13.8 Å². The van der Waals surface area contributed by atoms with E-state index in [0.717, 1.165) is 19.4 Å². The van der Waals surface area contributed by atoms with Gasteiger partial charge in [-0.05, 0) is 19.8 Å². The fraction of sp³-hybridized carbons (Fsp3) is 0.917. The monoisotopic (exact) mass is 243 g/mol. The Hall–Kier alpha value is -0.650. The van der Waals surface area contributed by atoms with Gasteiger partial charge in [0.2, 0.25) is 5.91 Å². The van der Waals surface area contributed by atoms with E-state index in [4.69, 9.17) is 10.5 Å². The third-order valence-corrected chi connectivity index (χ3v) is 3.62. The Morgan fingerprint density at radius 1 is 1.53 bits per heavy atom. The van der Waals surface area contributed by atoms with Crippen LogP contribution < -0.4 is 16.4 Å². The second-order valence-corrected chi connectivity index (χ2v) is 4.79. The molecule has 0 aliphatic carbocycles. The molecule has 1 aliphatic rings. The third-order valence-electron chi connectivity index (χ3n) is 3.62. The standard InChI is InChI=1S/C12H25N3O2/c1-4-12(13,5-2)8-15-11(16)10-9(3)17-7-6-14-10/h9-10,14H,4-8,13H2,1-3H3,(H,15,16)/t9-,10+/m1/s1. The lowest BCUT2D eigenvalue weighted by atomic mass is 9.94. The lowest BCUT2D eigenvalue weighted by molar-refractivity contribution is -0.129. The van der Waals surface area contributed by atoms with Crippen molar-refractivity contribution in [1.82, 2.24) is 10.6 Å². The normalized spacial score (nSPS) is 25.6. The van der Waals surface area contributed by atoms with E-state index < -0.39 is 0 Å². The number of rotatable bonds is 5. The number of nitrogens with two attached hydrogens (primary N) is 1. The number of nitrogens with one attached hydrogen (secondary N) is 2. The Kier molecular flexibility index (Phi) is 5.36. The van der Waals surface area contributed by atoms with E-state index in [0.29, 0.717) is 13.2 Å². The van der Waals surface area contributed by atoms with Crippen molar-refractivity contribution in [1.29, 1.82) is 0 Å². The lowest BCUT2D eigenvalue weighted by Crippen LogP contribution is -2.58. The average molecular weight is 243 g/mol. The third kappa shape index (κ3) is 3.94. The molecule has 1 saturated heterocycles. The van der Waals surface area contributed by atoms with Crippen molar-refractivity contribution in [3.8, 4) is 0 Å². The summed E-state index contributed by atoms with van der Waals surface area (Å²) in [5, 5.41) is 6.08. The minimum atomic E-state index is -0.297. The molecule has 17 heavy (non-hydrogen) atoms. The van der Waals surface area contributed by atoms with Crippen LogP contribution in [0.1, 0.15) is 33.6 Å². The van der Waals surface area contributed by atoms with Crippen molar-refractivity contribution in [3.63, 3.8) is 0 Å². The van der Waals surface area contributed by atoms with Gasteiger partial charge in [0, 0.05) is 18.6 Å². The fourth-order valence-electron chi connectivity index (χ4n) is 1.90. The fourth-order valence-corrected chi connectivity index (χ4v) is 1.90. The van der Waals surface area contributed by atoms with Crippen LogP contribution in [0.25, 0.3) is 0 Å². The quantitative estimate of drug-likeness (QED) is 0.635. The van der Waals surface area contributed by atoms with Crippen LogP contribution in [-0.2, 0) is 9.53 Å². The zero-order chi connectivity index (χ0) is 12.9. The van der Waals surface area contributed by atoms with Crippen LogP contribution in [0.2, 0.25) is 0 Å². The maximum Gasteiger partial charge on any atom is 0.239 e. The molecule has 1 aliphatic heterocycles. The number of amides is 1. The van der Waals surface area contributed by atoms with Gasteiger partial charge in [0.15, 0.2) is 0 Å². The number of morpholine rings is 1. The second-order valence-electron chi connectivity index (χ2n) is 4.79. The van der Waals surface area contributed by atoms with Crippen LogP contribution in [0.4, 0.5) is 0 Å². The van der Waals surface area contributed by atoms with Crippen molar-refractivity contribution >= 4 is 5.91 Å². The first-order valence-electron chi connectivity index (χ1n) is 6.44. The average Bonchev–Trinajstić information content (AvgIpc) is 2.36. The van der Waals surface area contributed by atoms with E-state index in [1.165, 1.54) is 0 Å². The molecule has 1 heterocycles. The van der Waals surface area contributed by atoms with Gasteiger partial charge in [-0.15, -0.1) is 0 Å². The molecule has 1 amide bonds. The molecule has 0 radical (unpaired) electrons. The Morgan fingerprint density at radius 3 is 2.71 bits per heavy atom. The molecule has 4 N–H and O–H groups in total. The summed E-state index contributed by atoms with van der Waals surface area (Å²) < 4.78 is 5.44. The van der Waals surface area contributed by atoms with Gasteiger partial charge in [0.1, 0.15) is 6.04 Å². The van der Waals surface area contributed by atoms with Crippen molar-refractivity contribution in [2.24, 2.45) is 5.73 Å². The summed E-state index contributed by atoms with van der Waals surface area (Å²) in [5.74, 6) is -0.0195. The highest BCUT2D eigenvalue weighted by molar-refractivity contribution is 5.82. The summed E-state index contributed by atoms with van der Waals surface area (Å²) in [7, 11) is 0. The van der Waals surface area contributed by atoms with Gasteiger partial charge in [0.05, 0.1) is 12.7 Å². The van der Waals surface area contributed by atoms with Crippen LogP contribution in [0.15, 0.2) is 0 Å². The molecular formula is C12H25N3O2. The van der Waals surface area contributed by atoms with Crippen LogP contribution in [0, 0.1) is 0 Å². The summed E-state index contributed by atoms with van der Waals surface area (Å²) in [6.45, 7) is 7.89. The summed E-state index contributed by atoms with van der Waals surface area (Å²) in [6.07, 6.45) is 1.63. The smallest absolute Gasteiger partial charge is 0.239 e. The minimum Gasteiger partial charge on any atom is -0.375 e. The first kappa shape index (κ1) is 14.4. The van der Waals surface area contributed by atoms with E-state index in [9.17, 15) is 4.79 Å². The Bertz CT molecular complexity index is 254. The number of hydrogen-bond acceptors (Lipinski definition) is 4. The van der Waals surface area contributed by atoms with Crippen LogP contribution in [-0.4, -0.2) is 43.3 Å². The summed E-state index contributed by atoms with van der Waals surface area (Å²) in [4.78, 5) is 12.0. The first-order chi connectivity index (χ1) is 8.02. The molecular weight excluding hydrogens is 218 g/mol.